The highest BCUT2D eigenvalue weighted by atomic mass is 16.4. The van der Waals surface area contributed by atoms with Crippen LogP contribution in [-0.4, -0.2) is 33.9 Å². The van der Waals surface area contributed by atoms with Crippen LogP contribution in [-0.2, 0) is 4.79 Å². The summed E-state index contributed by atoms with van der Waals surface area (Å²) in [6.07, 6.45) is 1.43. The summed E-state index contributed by atoms with van der Waals surface area (Å²) < 4.78 is 0. The van der Waals surface area contributed by atoms with Crippen LogP contribution in [0.1, 0.15) is 34.2 Å². The lowest BCUT2D eigenvalue weighted by molar-refractivity contribution is -0.139. The molecular weight excluding hydrogens is 238 g/mol. The van der Waals surface area contributed by atoms with E-state index in [-0.39, 0.29) is 17.7 Å². The van der Waals surface area contributed by atoms with Gasteiger partial charge in [-0.25, -0.2) is 4.79 Å². The Morgan fingerprint density at radius 1 is 1.44 bits per heavy atom. The molecule has 7 heteroatoms. The Hall–Kier alpha value is -2.44. The van der Waals surface area contributed by atoms with Crippen LogP contribution < -0.4 is 11.1 Å². The summed E-state index contributed by atoms with van der Waals surface area (Å²) >= 11 is 0. The van der Waals surface area contributed by atoms with Crippen LogP contribution in [0.5, 0.6) is 0 Å². The van der Waals surface area contributed by atoms with E-state index in [1.807, 2.05) is 0 Å². The van der Waals surface area contributed by atoms with Gasteiger partial charge >= 0.3 is 5.97 Å². The number of hydrogen-bond acceptors (Lipinski definition) is 4. The van der Waals surface area contributed by atoms with Gasteiger partial charge in [0.2, 0.25) is 5.91 Å². The third-order valence-corrected chi connectivity index (χ3v) is 2.29. The summed E-state index contributed by atoms with van der Waals surface area (Å²) in [5.41, 5.74) is 5.23. The molecule has 0 saturated carbocycles. The molecule has 0 radical (unpaired) electrons. The second kappa shape index (κ2) is 5.76. The Balaban J connectivity index is 2.78. The number of nitrogens with one attached hydrogen (secondary N) is 1. The number of carboxylic acids is 1. The van der Waals surface area contributed by atoms with Gasteiger partial charge in [0.1, 0.15) is 11.7 Å². The molecule has 1 aromatic heterocycles. The summed E-state index contributed by atoms with van der Waals surface area (Å²) in [5.74, 6) is -2.37. The monoisotopic (exact) mass is 251 g/mol. The van der Waals surface area contributed by atoms with Crippen molar-refractivity contribution in [2.45, 2.75) is 19.4 Å². The Morgan fingerprint density at radius 2 is 2.11 bits per heavy atom. The van der Waals surface area contributed by atoms with Crippen molar-refractivity contribution < 1.29 is 19.5 Å². The number of aliphatic carboxylic acids is 1. The first kappa shape index (κ1) is 13.6. The van der Waals surface area contributed by atoms with Crippen LogP contribution >= 0.6 is 0 Å². The minimum Gasteiger partial charge on any atom is -0.480 e. The molecule has 0 spiro atoms. The number of rotatable bonds is 5. The van der Waals surface area contributed by atoms with Crippen molar-refractivity contribution in [1.82, 2.24) is 10.3 Å². The van der Waals surface area contributed by atoms with Gasteiger partial charge in [0, 0.05) is 6.20 Å². The van der Waals surface area contributed by atoms with Gasteiger partial charge in [-0.1, -0.05) is 6.92 Å². The minimum atomic E-state index is -1.11. The molecule has 1 atom stereocenters. The summed E-state index contributed by atoms with van der Waals surface area (Å²) in [6, 6.07) is 1.70. The normalized spacial score (nSPS) is 11.6. The first-order valence-electron chi connectivity index (χ1n) is 5.25. The van der Waals surface area contributed by atoms with E-state index >= 15 is 0 Å². The molecule has 1 heterocycles. The molecule has 1 aromatic rings. The zero-order valence-corrected chi connectivity index (χ0v) is 9.71. The maximum Gasteiger partial charge on any atom is 0.326 e. The highest BCUT2D eigenvalue weighted by Gasteiger charge is 2.19. The van der Waals surface area contributed by atoms with Crippen molar-refractivity contribution in [3.8, 4) is 0 Å². The molecule has 1 rings (SSSR count). The summed E-state index contributed by atoms with van der Waals surface area (Å²) in [4.78, 5) is 36.9. The van der Waals surface area contributed by atoms with Crippen molar-refractivity contribution in [1.29, 1.82) is 0 Å². The van der Waals surface area contributed by atoms with E-state index in [1.165, 1.54) is 18.3 Å². The van der Waals surface area contributed by atoms with Gasteiger partial charge in [-0.3, -0.25) is 14.6 Å². The standard InChI is InChI=1S/C11H13N3O4/c1-2-7(11(17)18)14-10(16)8-4-3-6(5-13-8)9(12)15/h3-5,7H,2H2,1H3,(H2,12,15)(H,14,16)(H,17,18). The molecule has 96 valence electrons. The number of carbonyl (C=O) groups is 3. The fourth-order valence-corrected chi connectivity index (χ4v) is 1.24. The number of nitrogens with two attached hydrogens (primary N) is 1. The van der Waals surface area contributed by atoms with E-state index in [0.29, 0.717) is 0 Å². The molecule has 0 aliphatic carbocycles. The van der Waals surface area contributed by atoms with E-state index in [9.17, 15) is 14.4 Å². The molecule has 1 unspecified atom stereocenters. The van der Waals surface area contributed by atoms with Crippen molar-refractivity contribution in [3.63, 3.8) is 0 Å². The van der Waals surface area contributed by atoms with Crippen LogP contribution in [0.4, 0.5) is 0 Å². The average Bonchev–Trinajstić information content (AvgIpc) is 2.35. The first-order chi connectivity index (χ1) is 8.45. The van der Waals surface area contributed by atoms with Gasteiger partial charge in [0.15, 0.2) is 0 Å². The molecule has 0 saturated heterocycles. The first-order valence-corrected chi connectivity index (χ1v) is 5.25. The molecule has 0 aromatic carbocycles. The number of pyridine rings is 1. The maximum atomic E-state index is 11.6. The van der Waals surface area contributed by atoms with Crippen molar-refractivity contribution in [3.05, 3.63) is 29.6 Å². The number of hydrogen-bond donors (Lipinski definition) is 3. The largest absolute Gasteiger partial charge is 0.480 e. The molecule has 0 aliphatic heterocycles. The zero-order chi connectivity index (χ0) is 13.7. The molecule has 2 amide bonds. The summed E-state index contributed by atoms with van der Waals surface area (Å²) in [5, 5.41) is 11.1. The molecule has 0 bridgehead atoms. The SMILES string of the molecule is CCC(NC(=O)c1ccc(C(N)=O)cn1)C(=O)O. The fourth-order valence-electron chi connectivity index (χ4n) is 1.24. The van der Waals surface area contributed by atoms with E-state index in [0.717, 1.165) is 0 Å². The van der Waals surface area contributed by atoms with E-state index in [4.69, 9.17) is 10.8 Å². The van der Waals surface area contributed by atoms with Crippen LogP contribution in [0.25, 0.3) is 0 Å². The lowest BCUT2D eigenvalue weighted by Gasteiger charge is -2.11. The Bertz CT molecular complexity index is 470. The quantitative estimate of drug-likeness (QED) is 0.667. The van der Waals surface area contributed by atoms with Crippen molar-refractivity contribution in [2.24, 2.45) is 5.73 Å². The summed E-state index contributed by atoms with van der Waals surface area (Å²) in [6.45, 7) is 1.64. The second-order valence-corrected chi connectivity index (χ2v) is 3.57. The molecule has 4 N–H and O–H groups in total. The Kier molecular flexibility index (Phi) is 4.36. The Morgan fingerprint density at radius 3 is 2.50 bits per heavy atom. The highest BCUT2D eigenvalue weighted by molar-refractivity contribution is 5.96. The van der Waals surface area contributed by atoms with Crippen LogP contribution in [0.3, 0.4) is 0 Å². The van der Waals surface area contributed by atoms with E-state index in [1.54, 1.807) is 6.92 Å². The lowest BCUT2D eigenvalue weighted by atomic mass is 10.2. The van der Waals surface area contributed by atoms with Gasteiger partial charge in [-0.05, 0) is 18.6 Å². The van der Waals surface area contributed by atoms with Crippen LogP contribution in [0, 0.1) is 0 Å². The predicted molar refractivity (Wildman–Crippen MR) is 61.9 cm³/mol. The molecular formula is C11H13N3O4. The summed E-state index contributed by atoms with van der Waals surface area (Å²) in [7, 11) is 0. The fraction of sp³-hybridized carbons (Fsp3) is 0.273. The van der Waals surface area contributed by atoms with Crippen LogP contribution in [0.15, 0.2) is 18.3 Å². The van der Waals surface area contributed by atoms with Crippen LogP contribution in [0.2, 0.25) is 0 Å². The molecule has 0 aliphatic rings. The van der Waals surface area contributed by atoms with Gasteiger partial charge < -0.3 is 16.2 Å². The number of amides is 2. The van der Waals surface area contributed by atoms with Gasteiger partial charge in [-0.2, -0.15) is 0 Å². The van der Waals surface area contributed by atoms with Gasteiger partial charge in [0.05, 0.1) is 5.56 Å². The molecule has 0 fully saturated rings. The second-order valence-electron chi connectivity index (χ2n) is 3.57. The number of nitrogens with zero attached hydrogens (tertiary/aromatic N) is 1. The van der Waals surface area contributed by atoms with E-state index < -0.39 is 23.8 Å². The number of carbonyl (C=O) groups excluding carboxylic acids is 2. The third kappa shape index (κ3) is 3.27. The lowest BCUT2D eigenvalue weighted by Crippen LogP contribution is -2.40. The van der Waals surface area contributed by atoms with E-state index in [2.05, 4.69) is 10.3 Å². The zero-order valence-electron chi connectivity index (χ0n) is 9.71. The van der Waals surface area contributed by atoms with Crippen molar-refractivity contribution in [2.75, 3.05) is 0 Å². The number of carboxylic acid groups (broad SMARTS) is 1. The highest BCUT2D eigenvalue weighted by Crippen LogP contribution is 2.01. The third-order valence-electron chi connectivity index (χ3n) is 2.29. The topological polar surface area (TPSA) is 122 Å². The minimum absolute atomic E-state index is 0.0275. The maximum absolute atomic E-state index is 11.6. The molecule has 7 nitrogen and oxygen atoms in total. The number of aromatic nitrogens is 1. The smallest absolute Gasteiger partial charge is 0.326 e. The van der Waals surface area contributed by atoms with Gasteiger partial charge in [-0.15, -0.1) is 0 Å². The number of primary amides is 1. The average molecular weight is 251 g/mol. The van der Waals surface area contributed by atoms with Gasteiger partial charge in [0.25, 0.3) is 5.91 Å². The predicted octanol–water partition coefficient (Wildman–Crippen LogP) is -0.227. The Labute approximate surface area is 103 Å². The van der Waals surface area contributed by atoms with Crippen molar-refractivity contribution >= 4 is 17.8 Å². The molecule has 18 heavy (non-hydrogen) atoms.